The van der Waals surface area contributed by atoms with Gasteiger partial charge in [-0.3, -0.25) is 4.79 Å². The molecule has 2 amide bonds. The molecular weight excluding hydrogens is 386 g/mol. The van der Waals surface area contributed by atoms with Gasteiger partial charge in [-0.1, -0.05) is 30.1 Å². The molecule has 3 N–H and O–H groups in total. The van der Waals surface area contributed by atoms with Crippen molar-refractivity contribution >= 4 is 35.3 Å². The molecule has 1 aliphatic rings. The van der Waals surface area contributed by atoms with Gasteiger partial charge >= 0.3 is 6.09 Å². The van der Waals surface area contributed by atoms with Crippen LogP contribution in [0.5, 0.6) is 0 Å². The molecular formula is C22H29N3O3S. The molecule has 1 aliphatic heterocycles. The molecule has 6 nitrogen and oxygen atoms in total. The lowest BCUT2D eigenvalue weighted by atomic mass is 9.96. The van der Waals surface area contributed by atoms with Crippen molar-refractivity contribution in [2.75, 3.05) is 22.4 Å². The summed E-state index contributed by atoms with van der Waals surface area (Å²) in [4.78, 5) is 23.4. The summed E-state index contributed by atoms with van der Waals surface area (Å²) in [6.45, 7) is 5.95. The lowest BCUT2D eigenvalue weighted by molar-refractivity contribution is -0.116. The molecule has 0 radical (unpaired) electrons. The van der Waals surface area contributed by atoms with Gasteiger partial charge in [-0.25, -0.2) is 4.79 Å². The van der Waals surface area contributed by atoms with E-state index in [1.807, 2.05) is 11.2 Å². The van der Waals surface area contributed by atoms with Crippen molar-refractivity contribution in [2.45, 2.75) is 39.7 Å². The monoisotopic (exact) mass is 415 g/mol. The van der Waals surface area contributed by atoms with Crippen LogP contribution < -0.4 is 15.4 Å². The molecule has 29 heavy (non-hydrogen) atoms. The largest absolute Gasteiger partial charge is 0.447 e. The molecule has 1 heterocycles. The van der Waals surface area contributed by atoms with Crippen molar-refractivity contribution in [3.8, 4) is 11.1 Å². The molecule has 156 valence electrons. The topological polar surface area (TPSA) is 84.7 Å². The standard InChI is InChI=1S/C18H20N2OS.C4H9NO2/c1-13(21)20-10-4-6-16-11-15(8-9-18(16)20)14-5-3-7-17(12-14)19-22-2;1-3(2)7-4(5)6/h3,5,7-9,11-12,19H,4,6,10H2,1-2H3;3H,1-2H3,(H2,5,6). The molecule has 0 aromatic heterocycles. The maximum atomic E-state index is 11.7. The number of primary amides is 1. The Hall–Kier alpha value is -2.67. The van der Waals surface area contributed by atoms with E-state index in [0.29, 0.717) is 0 Å². The second kappa shape index (κ2) is 10.8. The molecule has 0 spiro atoms. The Morgan fingerprint density at radius 1 is 1.17 bits per heavy atom. The minimum Gasteiger partial charge on any atom is -0.447 e. The third-order valence-electron chi connectivity index (χ3n) is 4.35. The van der Waals surface area contributed by atoms with Crippen LogP contribution in [0.1, 0.15) is 32.8 Å². The summed E-state index contributed by atoms with van der Waals surface area (Å²) in [5, 5.41) is 0. The van der Waals surface area contributed by atoms with E-state index in [-0.39, 0.29) is 12.0 Å². The fraction of sp³-hybridized carbons (Fsp3) is 0.364. The number of amides is 2. The highest BCUT2D eigenvalue weighted by Gasteiger charge is 2.20. The van der Waals surface area contributed by atoms with Crippen LogP contribution in [-0.2, 0) is 16.0 Å². The second-order valence-electron chi connectivity index (χ2n) is 6.99. The van der Waals surface area contributed by atoms with E-state index in [1.54, 1.807) is 32.7 Å². The summed E-state index contributed by atoms with van der Waals surface area (Å²) in [6, 6.07) is 14.8. The van der Waals surface area contributed by atoms with E-state index in [4.69, 9.17) is 0 Å². The minimum atomic E-state index is -0.713. The van der Waals surface area contributed by atoms with Gasteiger partial charge in [0.25, 0.3) is 0 Å². The molecule has 0 bridgehead atoms. The number of benzene rings is 2. The normalized spacial score (nSPS) is 12.5. The van der Waals surface area contributed by atoms with E-state index in [1.165, 1.54) is 16.7 Å². The average Bonchev–Trinajstić information content (AvgIpc) is 2.67. The first-order chi connectivity index (χ1) is 13.8. The maximum Gasteiger partial charge on any atom is 0.404 e. The van der Waals surface area contributed by atoms with Crippen LogP contribution in [0, 0.1) is 0 Å². The maximum absolute atomic E-state index is 11.7. The molecule has 3 rings (SSSR count). The number of fused-ring (bicyclic) bond motifs is 1. The Kier molecular flexibility index (Phi) is 8.39. The van der Waals surface area contributed by atoms with E-state index in [2.05, 4.69) is 57.7 Å². The van der Waals surface area contributed by atoms with Crippen LogP contribution in [0.25, 0.3) is 11.1 Å². The van der Waals surface area contributed by atoms with Crippen molar-refractivity contribution < 1.29 is 14.3 Å². The molecule has 7 heteroatoms. The van der Waals surface area contributed by atoms with Crippen molar-refractivity contribution in [1.29, 1.82) is 0 Å². The third kappa shape index (κ3) is 6.71. The first-order valence-electron chi connectivity index (χ1n) is 9.58. The number of nitrogens with zero attached hydrogens (tertiary/aromatic N) is 1. The van der Waals surface area contributed by atoms with Crippen LogP contribution >= 0.6 is 11.9 Å². The molecule has 2 aromatic rings. The van der Waals surface area contributed by atoms with E-state index >= 15 is 0 Å². The zero-order chi connectivity index (χ0) is 21.4. The fourth-order valence-electron chi connectivity index (χ4n) is 3.22. The summed E-state index contributed by atoms with van der Waals surface area (Å²) in [7, 11) is 0. The van der Waals surface area contributed by atoms with Crippen LogP contribution in [0.2, 0.25) is 0 Å². The number of aryl methyl sites for hydroxylation is 1. The number of nitrogens with two attached hydrogens (primary N) is 1. The Morgan fingerprint density at radius 2 is 1.90 bits per heavy atom. The van der Waals surface area contributed by atoms with E-state index in [0.717, 1.165) is 30.8 Å². The predicted molar refractivity (Wildman–Crippen MR) is 121 cm³/mol. The highest BCUT2D eigenvalue weighted by molar-refractivity contribution is 7.99. The number of rotatable bonds is 4. The molecule has 0 atom stereocenters. The molecule has 0 aliphatic carbocycles. The average molecular weight is 416 g/mol. The van der Waals surface area contributed by atoms with Crippen molar-refractivity contribution in [3.05, 3.63) is 48.0 Å². The quantitative estimate of drug-likeness (QED) is 0.699. The van der Waals surface area contributed by atoms with Gasteiger partial charge in [0.1, 0.15) is 0 Å². The van der Waals surface area contributed by atoms with E-state index in [9.17, 15) is 9.59 Å². The highest BCUT2D eigenvalue weighted by atomic mass is 32.2. The predicted octanol–water partition coefficient (Wildman–Crippen LogP) is 4.83. The smallest absolute Gasteiger partial charge is 0.404 e. The SMILES string of the molecule is CC(C)OC(N)=O.CSNc1cccc(-c2ccc3c(c2)CCCN3C(C)=O)c1. The zero-order valence-corrected chi connectivity index (χ0v) is 18.2. The minimum absolute atomic E-state index is 0.0995. The lowest BCUT2D eigenvalue weighted by Gasteiger charge is -2.29. The Balaban J connectivity index is 0.000000370. The zero-order valence-electron chi connectivity index (χ0n) is 17.4. The van der Waals surface area contributed by atoms with Crippen molar-refractivity contribution in [2.24, 2.45) is 5.73 Å². The number of carbonyl (C=O) groups excluding carboxylic acids is 2. The molecule has 0 unspecified atom stereocenters. The number of anilines is 2. The van der Waals surface area contributed by atoms with Crippen molar-refractivity contribution in [1.82, 2.24) is 0 Å². The third-order valence-corrected chi connectivity index (χ3v) is 4.79. The van der Waals surface area contributed by atoms with Gasteiger partial charge < -0.3 is 20.1 Å². The molecule has 0 saturated heterocycles. The number of hydrogen-bond donors (Lipinski definition) is 2. The molecule has 2 aromatic carbocycles. The van der Waals surface area contributed by atoms with Crippen LogP contribution in [-0.4, -0.2) is 30.9 Å². The summed E-state index contributed by atoms with van der Waals surface area (Å²) < 4.78 is 7.65. The number of hydrogen-bond acceptors (Lipinski definition) is 5. The van der Waals surface area contributed by atoms with Gasteiger partial charge in [0, 0.05) is 31.1 Å². The number of nitrogens with one attached hydrogen (secondary N) is 1. The van der Waals surface area contributed by atoms with Crippen LogP contribution in [0.4, 0.5) is 16.2 Å². The second-order valence-corrected chi connectivity index (χ2v) is 7.60. The first kappa shape index (κ1) is 22.6. The van der Waals surface area contributed by atoms with Crippen molar-refractivity contribution in [3.63, 3.8) is 0 Å². The van der Waals surface area contributed by atoms with Gasteiger partial charge in [0.05, 0.1) is 6.10 Å². The van der Waals surface area contributed by atoms with Gasteiger partial charge in [-0.2, -0.15) is 0 Å². The van der Waals surface area contributed by atoms with Gasteiger partial charge in [-0.05, 0) is 67.6 Å². The Morgan fingerprint density at radius 3 is 2.48 bits per heavy atom. The first-order valence-corrected chi connectivity index (χ1v) is 10.8. The summed E-state index contributed by atoms with van der Waals surface area (Å²) in [5.41, 5.74) is 10.5. The number of ether oxygens (including phenoxy) is 1. The Bertz CT molecular complexity index is 855. The molecule has 0 saturated carbocycles. The lowest BCUT2D eigenvalue weighted by Crippen LogP contribution is -2.33. The highest BCUT2D eigenvalue weighted by Crippen LogP contribution is 2.32. The molecule has 0 fully saturated rings. The summed E-state index contributed by atoms with van der Waals surface area (Å²) in [6.07, 6.45) is 3.27. The summed E-state index contributed by atoms with van der Waals surface area (Å²) >= 11 is 1.59. The van der Waals surface area contributed by atoms with Crippen LogP contribution in [0.3, 0.4) is 0 Å². The van der Waals surface area contributed by atoms with Gasteiger partial charge in [-0.15, -0.1) is 0 Å². The van der Waals surface area contributed by atoms with Gasteiger partial charge in [0.2, 0.25) is 5.91 Å². The van der Waals surface area contributed by atoms with E-state index < -0.39 is 6.09 Å². The van der Waals surface area contributed by atoms with Gasteiger partial charge in [0.15, 0.2) is 0 Å². The Labute approximate surface area is 176 Å². The number of carbonyl (C=O) groups is 2. The van der Waals surface area contributed by atoms with Crippen LogP contribution in [0.15, 0.2) is 42.5 Å². The summed E-state index contributed by atoms with van der Waals surface area (Å²) in [5.74, 6) is 0.125. The fourth-order valence-corrected chi connectivity index (χ4v) is 3.58.